The Morgan fingerprint density at radius 2 is 1.71 bits per heavy atom. The van der Waals surface area contributed by atoms with Crippen molar-refractivity contribution in [3.05, 3.63) is 0 Å². The summed E-state index contributed by atoms with van der Waals surface area (Å²) < 4.78 is 0. The molecule has 3 heteroatoms. The van der Waals surface area contributed by atoms with E-state index in [1.165, 1.54) is 45.6 Å². The van der Waals surface area contributed by atoms with Crippen LogP contribution in [-0.4, -0.2) is 60.1 Å². The lowest BCUT2D eigenvalue weighted by molar-refractivity contribution is 0.0458. The van der Waals surface area contributed by atoms with E-state index in [2.05, 4.69) is 42.8 Å². The lowest BCUT2D eigenvalue weighted by Crippen LogP contribution is -2.56. The summed E-state index contributed by atoms with van der Waals surface area (Å²) in [7, 11) is 0. The average Bonchev–Trinajstić information content (AvgIpc) is 2.28. The minimum Gasteiger partial charge on any atom is -0.312 e. The maximum absolute atomic E-state index is 3.53. The summed E-state index contributed by atoms with van der Waals surface area (Å²) >= 11 is 0. The van der Waals surface area contributed by atoms with E-state index in [0.717, 1.165) is 6.04 Å². The molecule has 0 saturated carbocycles. The molecule has 2 aliphatic heterocycles. The van der Waals surface area contributed by atoms with Crippen molar-refractivity contribution in [2.24, 2.45) is 0 Å². The molecule has 0 aliphatic carbocycles. The molecule has 1 N–H and O–H groups in total. The van der Waals surface area contributed by atoms with Gasteiger partial charge in [-0.05, 0) is 40.5 Å². The van der Waals surface area contributed by atoms with Gasteiger partial charge in [-0.1, -0.05) is 0 Å². The lowest BCUT2D eigenvalue weighted by Gasteiger charge is -2.45. The molecule has 0 unspecified atom stereocenters. The van der Waals surface area contributed by atoms with Gasteiger partial charge in [0.15, 0.2) is 0 Å². The number of hydrogen-bond acceptors (Lipinski definition) is 3. The predicted octanol–water partition coefficient (Wildman–Crippen LogP) is 1.54. The second-order valence-corrected chi connectivity index (χ2v) is 6.74. The molecule has 0 amide bonds. The Hall–Kier alpha value is -0.120. The first kappa shape index (κ1) is 13.3. The monoisotopic (exact) mass is 239 g/mol. The van der Waals surface area contributed by atoms with Crippen molar-refractivity contribution in [2.45, 2.75) is 58.2 Å². The van der Waals surface area contributed by atoms with Crippen molar-refractivity contribution in [3.63, 3.8) is 0 Å². The Labute approximate surface area is 107 Å². The van der Waals surface area contributed by atoms with Crippen molar-refractivity contribution >= 4 is 0 Å². The van der Waals surface area contributed by atoms with Crippen LogP contribution in [0, 0.1) is 0 Å². The molecule has 1 atom stereocenters. The quantitative estimate of drug-likeness (QED) is 0.749. The van der Waals surface area contributed by atoms with Crippen molar-refractivity contribution in [3.8, 4) is 0 Å². The molecule has 2 saturated heterocycles. The number of nitrogens with zero attached hydrogens (tertiary/aromatic N) is 2. The third-order valence-electron chi connectivity index (χ3n) is 4.33. The third-order valence-corrected chi connectivity index (χ3v) is 4.33. The van der Waals surface area contributed by atoms with E-state index in [-0.39, 0.29) is 0 Å². The minimum atomic E-state index is 0.349. The van der Waals surface area contributed by atoms with Crippen LogP contribution >= 0.6 is 0 Å². The van der Waals surface area contributed by atoms with Crippen LogP contribution < -0.4 is 5.32 Å². The van der Waals surface area contributed by atoms with Crippen LogP contribution in [0.4, 0.5) is 0 Å². The Bertz CT molecular complexity index is 238. The third kappa shape index (κ3) is 3.43. The first-order valence-corrected chi connectivity index (χ1v) is 7.19. The fourth-order valence-electron chi connectivity index (χ4n) is 3.20. The Kier molecular flexibility index (Phi) is 4.11. The molecular weight excluding hydrogens is 210 g/mol. The molecule has 0 spiro atoms. The van der Waals surface area contributed by atoms with E-state index in [1.807, 2.05) is 0 Å². The van der Waals surface area contributed by atoms with Crippen molar-refractivity contribution < 1.29 is 0 Å². The molecule has 2 rings (SSSR count). The van der Waals surface area contributed by atoms with Crippen LogP contribution in [0.3, 0.4) is 0 Å². The van der Waals surface area contributed by atoms with Crippen molar-refractivity contribution in [1.82, 2.24) is 15.1 Å². The standard InChI is InChI=1S/C14H29N3/c1-12-11-16(10-7-15-12)13-5-8-17(9-6-13)14(2,3)4/h12-13,15H,5-11H2,1-4H3/t12-/m1/s1. The van der Waals surface area contributed by atoms with Crippen LogP contribution in [0.1, 0.15) is 40.5 Å². The minimum absolute atomic E-state index is 0.349. The summed E-state index contributed by atoms with van der Waals surface area (Å²) in [5, 5.41) is 3.53. The second kappa shape index (κ2) is 5.25. The predicted molar refractivity (Wildman–Crippen MR) is 73.4 cm³/mol. The number of likely N-dealkylation sites (tertiary alicyclic amines) is 1. The van der Waals surface area contributed by atoms with Gasteiger partial charge in [-0.3, -0.25) is 9.80 Å². The largest absolute Gasteiger partial charge is 0.312 e. The smallest absolute Gasteiger partial charge is 0.0167 e. The fourth-order valence-corrected chi connectivity index (χ4v) is 3.20. The van der Waals surface area contributed by atoms with E-state index in [9.17, 15) is 0 Å². The van der Waals surface area contributed by atoms with Crippen LogP contribution in [0.5, 0.6) is 0 Å². The van der Waals surface area contributed by atoms with Gasteiger partial charge in [0.05, 0.1) is 0 Å². The highest BCUT2D eigenvalue weighted by Crippen LogP contribution is 2.23. The van der Waals surface area contributed by atoms with Gasteiger partial charge in [0.2, 0.25) is 0 Å². The average molecular weight is 239 g/mol. The highest BCUT2D eigenvalue weighted by Gasteiger charge is 2.30. The number of rotatable bonds is 1. The molecule has 2 heterocycles. The number of hydrogen-bond donors (Lipinski definition) is 1. The van der Waals surface area contributed by atoms with E-state index < -0.39 is 0 Å². The van der Waals surface area contributed by atoms with Crippen LogP contribution in [0.15, 0.2) is 0 Å². The van der Waals surface area contributed by atoms with E-state index >= 15 is 0 Å². The molecule has 2 fully saturated rings. The van der Waals surface area contributed by atoms with Gasteiger partial charge in [0.25, 0.3) is 0 Å². The molecule has 0 aromatic rings. The van der Waals surface area contributed by atoms with Gasteiger partial charge in [-0.2, -0.15) is 0 Å². The molecule has 0 bridgehead atoms. The lowest BCUT2D eigenvalue weighted by atomic mass is 9.96. The molecular formula is C14H29N3. The highest BCUT2D eigenvalue weighted by molar-refractivity contribution is 4.88. The van der Waals surface area contributed by atoms with Crippen LogP contribution in [0.25, 0.3) is 0 Å². The van der Waals surface area contributed by atoms with Crippen molar-refractivity contribution in [2.75, 3.05) is 32.7 Å². The summed E-state index contributed by atoms with van der Waals surface area (Å²) in [5.41, 5.74) is 0.349. The Balaban J connectivity index is 1.82. The van der Waals surface area contributed by atoms with E-state index in [4.69, 9.17) is 0 Å². The van der Waals surface area contributed by atoms with Gasteiger partial charge in [-0.25, -0.2) is 0 Å². The van der Waals surface area contributed by atoms with Crippen molar-refractivity contribution in [1.29, 1.82) is 0 Å². The zero-order valence-electron chi connectivity index (χ0n) is 12.0. The molecule has 0 aromatic heterocycles. The zero-order chi connectivity index (χ0) is 12.5. The van der Waals surface area contributed by atoms with Gasteiger partial charge in [0, 0.05) is 50.3 Å². The summed E-state index contributed by atoms with van der Waals surface area (Å²) in [4.78, 5) is 5.34. The summed E-state index contributed by atoms with van der Waals surface area (Å²) in [6.07, 6.45) is 2.70. The Morgan fingerprint density at radius 1 is 1.06 bits per heavy atom. The van der Waals surface area contributed by atoms with Gasteiger partial charge in [-0.15, -0.1) is 0 Å². The van der Waals surface area contributed by atoms with Gasteiger partial charge in [0.1, 0.15) is 0 Å². The van der Waals surface area contributed by atoms with Gasteiger partial charge >= 0.3 is 0 Å². The van der Waals surface area contributed by atoms with Crippen LogP contribution in [0.2, 0.25) is 0 Å². The topological polar surface area (TPSA) is 18.5 Å². The highest BCUT2D eigenvalue weighted by atomic mass is 15.3. The molecule has 100 valence electrons. The summed E-state index contributed by atoms with van der Waals surface area (Å²) in [6, 6.07) is 1.50. The molecule has 3 nitrogen and oxygen atoms in total. The number of piperidine rings is 1. The SMILES string of the molecule is C[C@@H]1CN(C2CCN(C(C)(C)C)CC2)CCN1. The summed E-state index contributed by atoms with van der Waals surface area (Å²) in [5.74, 6) is 0. The number of piperazine rings is 1. The molecule has 17 heavy (non-hydrogen) atoms. The first-order chi connectivity index (χ1) is 7.97. The first-order valence-electron chi connectivity index (χ1n) is 7.19. The van der Waals surface area contributed by atoms with E-state index in [1.54, 1.807) is 0 Å². The fraction of sp³-hybridized carbons (Fsp3) is 1.00. The zero-order valence-corrected chi connectivity index (χ0v) is 12.0. The molecule has 0 aromatic carbocycles. The normalized spacial score (nSPS) is 30.7. The molecule has 2 aliphatic rings. The molecule has 0 radical (unpaired) electrons. The van der Waals surface area contributed by atoms with Crippen LogP contribution in [-0.2, 0) is 0 Å². The number of nitrogens with one attached hydrogen (secondary N) is 1. The maximum Gasteiger partial charge on any atom is 0.0167 e. The second-order valence-electron chi connectivity index (χ2n) is 6.74. The Morgan fingerprint density at radius 3 is 2.24 bits per heavy atom. The summed E-state index contributed by atoms with van der Waals surface area (Å²) in [6.45, 7) is 15.5. The van der Waals surface area contributed by atoms with E-state index in [0.29, 0.717) is 11.6 Å². The maximum atomic E-state index is 3.53. The van der Waals surface area contributed by atoms with Gasteiger partial charge < -0.3 is 5.32 Å².